The molecule has 0 heterocycles. The number of sulfonamides is 1. The summed E-state index contributed by atoms with van der Waals surface area (Å²) in [5.41, 5.74) is 0.379. The quantitative estimate of drug-likeness (QED) is 0.140. The molecular weight excluding hydrogens is 533 g/mol. The summed E-state index contributed by atoms with van der Waals surface area (Å²) in [4.78, 5) is 16.0. The van der Waals surface area contributed by atoms with E-state index >= 15 is 0 Å². The fourth-order valence-electron chi connectivity index (χ4n) is 2.28. The molecule has 0 aliphatic heterocycles. The van der Waals surface area contributed by atoms with Gasteiger partial charge >= 0.3 is 6.09 Å². The number of carbonyl (C=O) groups is 1. The van der Waals surface area contributed by atoms with E-state index < -0.39 is 21.7 Å². The Morgan fingerprint density at radius 2 is 1.74 bits per heavy atom. The van der Waals surface area contributed by atoms with Crippen molar-refractivity contribution in [2.24, 2.45) is 4.99 Å². The van der Waals surface area contributed by atoms with E-state index in [0.717, 1.165) is 5.56 Å². The first kappa shape index (κ1) is 29.4. The van der Waals surface area contributed by atoms with Crippen LogP contribution in [0.15, 0.2) is 35.3 Å². The van der Waals surface area contributed by atoms with Gasteiger partial charge in [0, 0.05) is 32.7 Å². The van der Waals surface area contributed by atoms with Crippen LogP contribution >= 0.6 is 24.0 Å². The lowest BCUT2D eigenvalue weighted by Gasteiger charge is -2.19. The van der Waals surface area contributed by atoms with E-state index in [1.54, 1.807) is 0 Å². The number of aliphatic imine (C=N–C) groups is 1. The topological polar surface area (TPSA) is 121 Å². The third-order valence-electron chi connectivity index (χ3n) is 3.62. The second-order valence-electron chi connectivity index (χ2n) is 7.60. The van der Waals surface area contributed by atoms with Gasteiger partial charge in [0.25, 0.3) is 0 Å². The molecule has 178 valence electrons. The maximum Gasteiger partial charge on any atom is 0.407 e. The number of hydrogen-bond donors (Lipinski definition) is 4. The monoisotopic (exact) mass is 569 g/mol. The zero-order chi connectivity index (χ0) is 22.5. The van der Waals surface area contributed by atoms with Gasteiger partial charge in [-0.25, -0.2) is 17.9 Å². The first-order valence-corrected chi connectivity index (χ1v) is 11.8. The number of alkyl carbamates (subject to hydrolysis) is 1. The van der Waals surface area contributed by atoms with E-state index in [-0.39, 0.29) is 42.8 Å². The second-order valence-corrected chi connectivity index (χ2v) is 9.52. The van der Waals surface area contributed by atoms with Gasteiger partial charge < -0.3 is 20.7 Å². The Bertz CT molecular complexity index is 768. The van der Waals surface area contributed by atoms with Crippen molar-refractivity contribution in [2.45, 2.75) is 46.3 Å². The van der Waals surface area contributed by atoms with Gasteiger partial charge in [-0.3, -0.25) is 4.99 Å². The van der Waals surface area contributed by atoms with Crippen molar-refractivity contribution in [3.8, 4) is 0 Å². The van der Waals surface area contributed by atoms with E-state index in [9.17, 15) is 13.2 Å². The van der Waals surface area contributed by atoms with Crippen molar-refractivity contribution in [1.82, 2.24) is 20.7 Å². The van der Waals surface area contributed by atoms with Gasteiger partial charge in [-0.05, 0) is 39.7 Å². The number of halogens is 1. The SMILES string of the molecule is CCNC(=NCCCNC(=O)OC(C)(C)C)NCCS(=O)(=O)NCc1ccccc1.I. The molecule has 0 bridgehead atoms. The Morgan fingerprint density at radius 1 is 1.06 bits per heavy atom. The first-order valence-electron chi connectivity index (χ1n) is 10.1. The number of ether oxygens (including phenoxy) is 1. The maximum atomic E-state index is 12.1. The standard InChI is InChI=1S/C20H35N5O4S.HI/c1-5-21-18(22-12-9-13-24-19(26)29-20(2,3)4)23-14-15-30(27,28)25-16-17-10-7-6-8-11-17;/h6-8,10-11,25H,5,9,12-16H2,1-4H3,(H,24,26)(H2,21,22,23);1H. The van der Waals surface area contributed by atoms with Crippen LogP contribution in [0.2, 0.25) is 0 Å². The lowest BCUT2D eigenvalue weighted by Crippen LogP contribution is -2.41. The number of benzene rings is 1. The Morgan fingerprint density at radius 3 is 2.35 bits per heavy atom. The molecule has 1 amide bonds. The number of amides is 1. The molecule has 0 saturated heterocycles. The molecule has 0 atom stereocenters. The van der Waals surface area contributed by atoms with Crippen LogP contribution in [0.4, 0.5) is 4.79 Å². The van der Waals surface area contributed by atoms with E-state index in [1.165, 1.54) is 0 Å². The van der Waals surface area contributed by atoms with Crippen LogP contribution in [-0.4, -0.2) is 58.0 Å². The van der Waals surface area contributed by atoms with Gasteiger partial charge in [0.2, 0.25) is 10.0 Å². The molecule has 0 unspecified atom stereocenters. The Balaban J connectivity index is 0.00000900. The average Bonchev–Trinajstić information content (AvgIpc) is 2.65. The summed E-state index contributed by atoms with van der Waals surface area (Å²) < 4.78 is 32.0. The molecular formula is C20H36IN5O4S. The van der Waals surface area contributed by atoms with Gasteiger partial charge in [-0.2, -0.15) is 0 Å². The van der Waals surface area contributed by atoms with E-state index in [1.807, 2.05) is 58.0 Å². The molecule has 0 aliphatic rings. The molecule has 4 N–H and O–H groups in total. The molecule has 11 heteroatoms. The van der Waals surface area contributed by atoms with Crippen molar-refractivity contribution in [1.29, 1.82) is 0 Å². The molecule has 9 nitrogen and oxygen atoms in total. The zero-order valence-electron chi connectivity index (χ0n) is 18.7. The summed E-state index contributed by atoms with van der Waals surface area (Å²) in [6.45, 7) is 9.42. The molecule has 0 spiro atoms. The molecule has 31 heavy (non-hydrogen) atoms. The van der Waals surface area contributed by atoms with Crippen LogP contribution in [0.5, 0.6) is 0 Å². The van der Waals surface area contributed by atoms with Gasteiger partial charge in [-0.15, -0.1) is 24.0 Å². The van der Waals surface area contributed by atoms with Gasteiger partial charge in [0.05, 0.1) is 5.75 Å². The number of hydrogen-bond acceptors (Lipinski definition) is 5. The average molecular weight is 570 g/mol. The first-order chi connectivity index (χ1) is 14.1. The lowest BCUT2D eigenvalue weighted by molar-refractivity contribution is 0.0527. The minimum Gasteiger partial charge on any atom is -0.444 e. The van der Waals surface area contributed by atoms with Crippen LogP contribution < -0.4 is 20.7 Å². The zero-order valence-corrected chi connectivity index (χ0v) is 21.9. The third kappa shape index (κ3) is 15.8. The van der Waals surface area contributed by atoms with Crippen molar-refractivity contribution in [3.63, 3.8) is 0 Å². The smallest absolute Gasteiger partial charge is 0.407 e. The van der Waals surface area contributed by atoms with Crippen LogP contribution in [0.3, 0.4) is 0 Å². The van der Waals surface area contributed by atoms with Crippen molar-refractivity contribution < 1.29 is 17.9 Å². The van der Waals surface area contributed by atoms with Gasteiger partial charge in [-0.1, -0.05) is 30.3 Å². The highest BCUT2D eigenvalue weighted by atomic mass is 127. The number of guanidine groups is 1. The fraction of sp³-hybridized carbons (Fsp3) is 0.600. The molecule has 1 aromatic carbocycles. The van der Waals surface area contributed by atoms with E-state index in [4.69, 9.17) is 4.74 Å². The minimum atomic E-state index is -3.40. The largest absolute Gasteiger partial charge is 0.444 e. The summed E-state index contributed by atoms with van der Waals surface area (Å²) in [5.74, 6) is 0.470. The normalized spacial score (nSPS) is 11.9. The van der Waals surface area contributed by atoms with Gasteiger partial charge in [0.1, 0.15) is 5.60 Å². The predicted molar refractivity (Wildman–Crippen MR) is 135 cm³/mol. The van der Waals surface area contributed by atoms with Crippen LogP contribution in [0.25, 0.3) is 0 Å². The van der Waals surface area contributed by atoms with Crippen molar-refractivity contribution in [2.75, 3.05) is 31.9 Å². The lowest BCUT2D eigenvalue weighted by atomic mass is 10.2. The molecule has 0 fully saturated rings. The molecule has 0 aromatic heterocycles. The van der Waals surface area contributed by atoms with Crippen LogP contribution in [0, 0.1) is 0 Å². The Hall–Kier alpha value is -1.60. The van der Waals surface area contributed by atoms with Crippen LogP contribution in [-0.2, 0) is 21.3 Å². The highest BCUT2D eigenvalue weighted by molar-refractivity contribution is 14.0. The number of nitrogens with one attached hydrogen (secondary N) is 4. The number of rotatable bonds is 11. The summed E-state index contributed by atoms with van der Waals surface area (Å²) in [6.07, 6.45) is 0.178. The molecule has 0 aliphatic carbocycles. The van der Waals surface area contributed by atoms with E-state index in [0.29, 0.717) is 32.0 Å². The summed E-state index contributed by atoms with van der Waals surface area (Å²) in [7, 11) is -3.40. The number of nitrogens with zero attached hydrogens (tertiary/aromatic N) is 1. The molecule has 1 aromatic rings. The Labute approximate surface area is 203 Å². The van der Waals surface area contributed by atoms with E-state index in [2.05, 4.69) is 25.7 Å². The summed E-state index contributed by atoms with van der Waals surface area (Å²) in [5, 5.41) is 8.76. The summed E-state index contributed by atoms with van der Waals surface area (Å²) >= 11 is 0. The minimum absolute atomic E-state index is 0. The molecule has 0 saturated carbocycles. The van der Waals surface area contributed by atoms with Crippen LogP contribution in [0.1, 0.15) is 39.7 Å². The van der Waals surface area contributed by atoms with Crippen molar-refractivity contribution in [3.05, 3.63) is 35.9 Å². The third-order valence-corrected chi connectivity index (χ3v) is 4.95. The summed E-state index contributed by atoms with van der Waals surface area (Å²) in [6, 6.07) is 9.36. The highest BCUT2D eigenvalue weighted by Gasteiger charge is 2.15. The number of carbonyl (C=O) groups excluding carboxylic acids is 1. The van der Waals surface area contributed by atoms with Crippen molar-refractivity contribution >= 4 is 46.1 Å². The maximum absolute atomic E-state index is 12.1. The second kappa shape index (κ2) is 15.2. The van der Waals surface area contributed by atoms with Gasteiger partial charge in [0.15, 0.2) is 5.96 Å². The highest BCUT2D eigenvalue weighted by Crippen LogP contribution is 2.06. The molecule has 1 rings (SSSR count). The molecule has 0 radical (unpaired) electrons. The fourth-order valence-corrected chi connectivity index (χ4v) is 3.18. The Kier molecular flexibility index (Phi) is 14.5. The predicted octanol–water partition coefficient (Wildman–Crippen LogP) is 2.19.